The van der Waals surface area contributed by atoms with Gasteiger partial charge in [0.05, 0.1) is 6.20 Å². The summed E-state index contributed by atoms with van der Waals surface area (Å²) in [6.45, 7) is 8.60. The van der Waals surface area contributed by atoms with Crippen LogP contribution in [0.1, 0.15) is 6.92 Å². The quantitative estimate of drug-likeness (QED) is 0.516. The van der Waals surface area contributed by atoms with E-state index in [-0.39, 0.29) is 6.67 Å². The topological polar surface area (TPSA) is 28.9 Å². The zero-order chi connectivity index (χ0) is 6.69. The number of allylic oxidation sites excluding steroid dienone is 1. The number of rotatable bonds is 1. The predicted octanol–water partition coefficient (Wildman–Crippen LogP) is 0.476. The van der Waals surface area contributed by atoms with Crippen molar-refractivity contribution in [1.29, 1.82) is 0 Å². The fourth-order valence-electron chi connectivity index (χ4n) is 0.549. The lowest BCUT2D eigenvalue weighted by Crippen LogP contribution is -2.26. The molecule has 0 unspecified atom stereocenters. The van der Waals surface area contributed by atoms with E-state index in [1.807, 2.05) is 6.92 Å². The third-order valence-electron chi connectivity index (χ3n) is 0.885. The van der Waals surface area contributed by atoms with Gasteiger partial charge in [0.15, 0.2) is 0 Å². The molecule has 4 heteroatoms. The molecule has 4 nitrogen and oxygen atoms in total. The number of nitrogens with one attached hydrogen (secondary N) is 1. The number of hydrazine groups is 1. The van der Waals surface area contributed by atoms with Gasteiger partial charge in [-0.2, -0.15) is 0 Å². The van der Waals surface area contributed by atoms with Crippen LogP contribution in [0.5, 0.6) is 0 Å². The van der Waals surface area contributed by atoms with Crippen molar-refractivity contribution in [1.82, 2.24) is 10.6 Å². The Morgan fingerprint density at radius 1 is 2.00 bits per heavy atom. The molecule has 1 rings (SSSR count). The van der Waals surface area contributed by atoms with E-state index in [1.54, 1.807) is 11.2 Å². The molecule has 9 heavy (non-hydrogen) atoms. The molecule has 0 atom stereocenters. The van der Waals surface area contributed by atoms with Crippen LogP contribution in [-0.2, 0) is 4.84 Å². The second-order valence-corrected chi connectivity index (χ2v) is 1.70. The van der Waals surface area contributed by atoms with Gasteiger partial charge in [-0.1, -0.05) is 5.59 Å². The van der Waals surface area contributed by atoms with E-state index in [0.717, 1.165) is 5.76 Å². The van der Waals surface area contributed by atoms with E-state index in [9.17, 15) is 0 Å². The molecule has 0 aliphatic carbocycles. The third-order valence-corrected chi connectivity index (χ3v) is 0.885. The SMILES string of the molecule is [C-]#[N+]CN1C=C(C)ON1. The Labute approximate surface area is 53.5 Å². The fraction of sp³-hybridized carbons (Fsp3) is 0.400. The molecule has 0 fully saturated rings. The summed E-state index contributed by atoms with van der Waals surface area (Å²) in [7, 11) is 0. The Morgan fingerprint density at radius 2 is 2.78 bits per heavy atom. The molecule has 1 heterocycles. The van der Waals surface area contributed by atoms with Crippen molar-refractivity contribution in [2.75, 3.05) is 6.67 Å². The maximum absolute atomic E-state index is 6.49. The minimum atomic E-state index is 0.289. The summed E-state index contributed by atoms with van der Waals surface area (Å²) in [6, 6.07) is 0. The van der Waals surface area contributed by atoms with Gasteiger partial charge in [0, 0.05) is 0 Å². The first kappa shape index (κ1) is 5.92. The van der Waals surface area contributed by atoms with E-state index in [4.69, 9.17) is 11.4 Å². The van der Waals surface area contributed by atoms with E-state index < -0.39 is 0 Å². The van der Waals surface area contributed by atoms with Gasteiger partial charge < -0.3 is 4.84 Å². The van der Waals surface area contributed by atoms with Crippen LogP contribution in [0.25, 0.3) is 4.85 Å². The molecule has 1 aliphatic heterocycles. The monoisotopic (exact) mass is 125 g/mol. The minimum Gasteiger partial charge on any atom is -0.392 e. The van der Waals surface area contributed by atoms with Crippen LogP contribution < -0.4 is 5.59 Å². The molecule has 48 valence electrons. The van der Waals surface area contributed by atoms with Gasteiger partial charge in [-0.25, -0.2) is 11.6 Å². The maximum Gasteiger partial charge on any atom is 0.304 e. The van der Waals surface area contributed by atoms with Crippen molar-refractivity contribution in [3.63, 3.8) is 0 Å². The van der Waals surface area contributed by atoms with E-state index in [0.29, 0.717) is 0 Å². The van der Waals surface area contributed by atoms with Gasteiger partial charge in [-0.15, -0.1) is 0 Å². The highest BCUT2D eigenvalue weighted by atomic mass is 16.7. The summed E-state index contributed by atoms with van der Waals surface area (Å²) in [5.41, 5.74) is 2.53. The van der Waals surface area contributed by atoms with Crippen LogP contribution >= 0.6 is 0 Å². The van der Waals surface area contributed by atoms with Crippen LogP contribution in [0, 0.1) is 6.57 Å². The molecular formula is C5H7N3O. The van der Waals surface area contributed by atoms with Crippen LogP contribution in [0.4, 0.5) is 0 Å². The van der Waals surface area contributed by atoms with Gasteiger partial charge >= 0.3 is 6.67 Å². The van der Waals surface area contributed by atoms with Crippen molar-refractivity contribution in [3.8, 4) is 0 Å². The van der Waals surface area contributed by atoms with Crippen molar-refractivity contribution >= 4 is 0 Å². The van der Waals surface area contributed by atoms with Gasteiger partial charge in [0.2, 0.25) is 0 Å². The summed E-state index contributed by atoms with van der Waals surface area (Å²) in [4.78, 5) is 7.95. The molecule has 0 aromatic heterocycles. The van der Waals surface area contributed by atoms with Gasteiger partial charge in [0.25, 0.3) is 0 Å². The molecule has 0 amide bonds. The summed E-state index contributed by atoms with van der Waals surface area (Å²) in [5, 5.41) is 1.57. The Balaban J connectivity index is 2.40. The van der Waals surface area contributed by atoms with Crippen molar-refractivity contribution in [3.05, 3.63) is 23.4 Å². The molecular weight excluding hydrogens is 118 g/mol. The summed E-state index contributed by atoms with van der Waals surface area (Å²) >= 11 is 0. The fourth-order valence-corrected chi connectivity index (χ4v) is 0.549. The molecule has 1 aliphatic rings. The average molecular weight is 125 g/mol. The summed E-state index contributed by atoms with van der Waals surface area (Å²) in [5.74, 6) is 0.777. The zero-order valence-corrected chi connectivity index (χ0v) is 5.09. The van der Waals surface area contributed by atoms with Crippen molar-refractivity contribution in [2.45, 2.75) is 6.92 Å². The number of nitrogens with zero attached hydrogens (tertiary/aromatic N) is 2. The van der Waals surface area contributed by atoms with Crippen molar-refractivity contribution in [2.24, 2.45) is 0 Å². The summed E-state index contributed by atoms with van der Waals surface area (Å²) in [6.07, 6.45) is 1.73. The highest BCUT2D eigenvalue weighted by molar-refractivity contribution is 4.90. The Morgan fingerprint density at radius 3 is 3.22 bits per heavy atom. The lowest BCUT2D eigenvalue weighted by atomic mass is 10.6. The highest BCUT2D eigenvalue weighted by Crippen LogP contribution is 2.02. The molecule has 0 bridgehead atoms. The lowest BCUT2D eigenvalue weighted by Gasteiger charge is -2.03. The second-order valence-electron chi connectivity index (χ2n) is 1.70. The Bertz CT molecular complexity index is 170. The minimum absolute atomic E-state index is 0.289. The molecule has 0 saturated carbocycles. The second kappa shape index (κ2) is 2.37. The third kappa shape index (κ3) is 1.34. The zero-order valence-electron chi connectivity index (χ0n) is 5.09. The largest absolute Gasteiger partial charge is 0.392 e. The average Bonchev–Trinajstić information content (AvgIpc) is 2.17. The molecule has 1 N–H and O–H groups in total. The maximum atomic E-state index is 6.49. The molecule has 0 aromatic rings. The highest BCUT2D eigenvalue weighted by Gasteiger charge is 2.09. The first-order valence-corrected chi connectivity index (χ1v) is 2.53. The Kier molecular flexibility index (Phi) is 1.56. The first-order valence-electron chi connectivity index (χ1n) is 2.53. The predicted molar refractivity (Wildman–Crippen MR) is 31.3 cm³/mol. The lowest BCUT2D eigenvalue weighted by molar-refractivity contribution is 0.0287. The van der Waals surface area contributed by atoms with E-state index in [1.165, 1.54) is 0 Å². The summed E-state index contributed by atoms with van der Waals surface area (Å²) < 4.78 is 0. The molecule has 0 radical (unpaired) electrons. The number of hydrogen-bond donors (Lipinski definition) is 1. The van der Waals surface area contributed by atoms with E-state index >= 15 is 0 Å². The normalized spacial score (nSPS) is 16.4. The molecule has 0 aromatic carbocycles. The molecule has 0 saturated heterocycles. The van der Waals surface area contributed by atoms with Crippen LogP contribution in [0.15, 0.2) is 12.0 Å². The van der Waals surface area contributed by atoms with Gasteiger partial charge in [0.1, 0.15) is 5.76 Å². The Hall–Kier alpha value is -1.21. The first-order chi connectivity index (χ1) is 4.33. The van der Waals surface area contributed by atoms with Crippen LogP contribution in [0.2, 0.25) is 0 Å². The molecule has 0 spiro atoms. The van der Waals surface area contributed by atoms with Crippen LogP contribution in [-0.4, -0.2) is 11.7 Å². The standard InChI is InChI=1S/C5H7N3O/c1-5-3-8(4-6-2)7-9-5/h3,7H,4H2,1H3. The van der Waals surface area contributed by atoms with Gasteiger partial charge in [-0.3, -0.25) is 4.85 Å². The number of hydrogen-bond acceptors (Lipinski definition) is 3. The van der Waals surface area contributed by atoms with Crippen molar-refractivity contribution < 1.29 is 4.84 Å². The smallest absolute Gasteiger partial charge is 0.304 e. The van der Waals surface area contributed by atoms with E-state index in [2.05, 4.69) is 10.4 Å². The van der Waals surface area contributed by atoms with Crippen LogP contribution in [0.3, 0.4) is 0 Å². The van der Waals surface area contributed by atoms with Gasteiger partial charge in [-0.05, 0) is 6.92 Å².